The quantitative estimate of drug-likeness (QED) is 0.298. The predicted molar refractivity (Wildman–Crippen MR) is 30.6 cm³/mol. The number of thiocarbonyl (C=S) groups is 1. The lowest BCUT2D eigenvalue weighted by Gasteiger charge is -1.68. The second-order valence-electron chi connectivity index (χ2n) is 0.926. The summed E-state index contributed by atoms with van der Waals surface area (Å²) < 4.78 is 0. The van der Waals surface area contributed by atoms with Crippen LogP contribution in [0.1, 0.15) is 6.92 Å². The normalized spacial score (nSPS) is 6.17. The van der Waals surface area contributed by atoms with Crippen molar-refractivity contribution >= 4 is 23.5 Å². The Morgan fingerprint density at radius 3 is 2.50 bits per heavy atom. The predicted octanol–water partition coefficient (Wildman–Crippen LogP) is 1.18. The molecule has 0 aromatic heterocycles. The molecular weight excluding hydrogens is 94.1 g/mol. The van der Waals surface area contributed by atoms with E-state index in [1.807, 2.05) is 0 Å². The van der Waals surface area contributed by atoms with Gasteiger partial charge < -0.3 is 0 Å². The van der Waals surface area contributed by atoms with E-state index in [-0.39, 0.29) is 0 Å². The van der Waals surface area contributed by atoms with Crippen LogP contribution >= 0.6 is 12.2 Å². The first-order valence-corrected chi connectivity index (χ1v) is 2.00. The molecule has 0 saturated carbocycles. The van der Waals surface area contributed by atoms with Crippen LogP contribution in [0, 0.1) is 5.41 Å². The van der Waals surface area contributed by atoms with E-state index in [1.54, 1.807) is 6.92 Å². The molecule has 0 aromatic carbocycles. The van der Waals surface area contributed by atoms with Crippen molar-refractivity contribution in [2.45, 2.75) is 6.92 Å². The minimum atomic E-state index is 0.699. The van der Waals surface area contributed by atoms with Crippen molar-refractivity contribution < 1.29 is 0 Å². The molecule has 0 aliphatic carbocycles. The Morgan fingerprint density at radius 2 is 2.50 bits per heavy atom. The molecule has 1 N–H and O–H groups in total. The lowest BCUT2D eigenvalue weighted by Crippen LogP contribution is -1.68. The van der Waals surface area contributed by atoms with Crippen LogP contribution in [0.15, 0.2) is 5.57 Å². The monoisotopic (exact) mass is 99.0 g/mol. The summed E-state index contributed by atoms with van der Waals surface area (Å²) in [6, 6.07) is 0. The molecular formula is C4H5NS. The first-order chi connectivity index (χ1) is 2.81. The summed E-state index contributed by atoms with van der Waals surface area (Å²) in [7, 11) is 0. The van der Waals surface area contributed by atoms with E-state index in [4.69, 9.17) is 5.41 Å². The third kappa shape index (κ3) is 1.82. The average molecular weight is 99.2 g/mol. The van der Waals surface area contributed by atoms with Gasteiger partial charge in [-0.3, -0.25) is 5.41 Å². The summed E-state index contributed by atoms with van der Waals surface area (Å²) in [5.74, 6) is 2.12. The molecule has 0 aromatic rings. The fourth-order valence-corrected chi connectivity index (χ4v) is 0.0884. The van der Waals surface area contributed by atoms with Gasteiger partial charge in [0.2, 0.25) is 0 Å². The second-order valence-corrected chi connectivity index (χ2v) is 1.16. The zero-order valence-corrected chi connectivity index (χ0v) is 4.30. The van der Waals surface area contributed by atoms with Gasteiger partial charge in [0, 0.05) is 10.9 Å². The van der Waals surface area contributed by atoms with Gasteiger partial charge in [-0.1, -0.05) is 12.2 Å². The van der Waals surface area contributed by atoms with Crippen molar-refractivity contribution in [1.82, 2.24) is 0 Å². The van der Waals surface area contributed by atoms with E-state index in [2.05, 4.69) is 18.1 Å². The van der Waals surface area contributed by atoms with Gasteiger partial charge in [-0.15, -0.1) is 0 Å². The highest BCUT2D eigenvalue weighted by atomic mass is 32.1. The lowest BCUT2D eigenvalue weighted by molar-refractivity contribution is 1.56. The van der Waals surface area contributed by atoms with Crippen molar-refractivity contribution in [3.63, 3.8) is 0 Å². The summed E-state index contributed by atoms with van der Waals surface area (Å²) in [4.78, 5) is 0. The van der Waals surface area contributed by atoms with Crippen LogP contribution in [0.25, 0.3) is 0 Å². The molecule has 0 bridgehead atoms. The van der Waals surface area contributed by atoms with Crippen LogP contribution in [0.4, 0.5) is 0 Å². The molecule has 0 aliphatic rings. The Balaban J connectivity index is 3.86. The zero-order valence-electron chi connectivity index (χ0n) is 3.49. The van der Waals surface area contributed by atoms with E-state index in [1.165, 1.54) is 5.37 Å². The standard InChI is InChI=1S/C4H5NS/c1-4(2-5)3-6/h3,5H,1H3. The van der Waals surface area contributed by atoms with Gasteiger partial charge in [0.1, 0.15) is 0 Å². The minimum absolute atomic E-state index is 0.699. The van der Waals surface area contributed by atoms with Gasteiger partial charge in [-0.05, 0) is 12.8 Å². The number of allylic oxidation sites excluding steroid dienone is 1. The van der Waals surface area contributed by atoms with E-state index < -0.39 is 0 Å². The van der Waals surface area contributed by atoms with Crippen LogP contribution < -0.4 is 0 Å². The summed E-state index contributed by atoms with van der Waals surface area (Å²) in [6.07, 6.45) is 0. The van der Waals surface area contributed by atoms with E-state index in [9.17, 15) is 0 Å². The Kier molecular flexibility index (Phi) is 2.55. The van der Waals surface area contributed by atoms with Crippen LogP contribution in [0.2, 0.25) is 0 Å². The molecule has 2 heteroatoms. The Bertz CT molecular complexity index is 100. The molecule has 32 valence electrons. The minimum Gasteiger partial charge on any atom is -0.258 e. The number of rotatable bonds is 1. The number of hydrogen-bond donors (Lipinski definition) is 1. The first kappa shape index (κ1) is 5.54. The highest BCUT2D eigenvalue weighted by Crippen LogP contribution is 1.73. The maximum Gasteiger partial charge on any atom is 0.0205 e. The highest BCUT2D eigenvalue weighted by Gasteiger charge is 1.68. The van der Waals surface area contributed by atoms with E-state index in [0.29, 0.717) is 5.57 Å². The van der Waals surface area contributed by atoms with Gasteiger partial charge in [0.25, 0.3) is 0 Å². The summed E-state index contributed by atoms with van der Waals surface area (Å²) in [6.45, 7) is 1.74. The summed E-state index contributed by atoms with van der Waals surface area (Å²) in [5, 5.41) is 7.85. The maximum absolute atomic E-state index is 6.42. The van der Waals surface area contributed by atoms with Crippen molar-refractivity contribution in [2.75, 3.05) is 0 Å². The van der Waals surface area contributed by atoms with E-state index in [0.717, 1.165) is 0 Å². The van der Waals surface area contributed by atoms with Gasteiger partial charge >= 0.3 is 0 Å². The van der Waals surface area contributed by atoms with Crippen LogP contribution in [-0.2, 0) is 0 Å². The average Bonchev–Trinajstić information content (AvgIpc) is 1.65. The van der Waals surface area contributed by atoms with Gasteiger partial charge in [-0.2, -0.15) is 0 Å². The molecule has 0 atom stereocenters. The molecule has 0 spiro atoms. The topological polar surface area (TPSA) is 23.9 Å². The third-order valence-corrected chi connectivity index (χ3v) is 0.727. The molecule has 6 heavy (non-hydrogen) atoms. The van der Waals surface area contributed by atoms with Crippen molar-refractivity contribution in [3.05, 3.63) is 5.57 Å². The Morgan fingerprint density at radius 1 is 2.00 bits per heavy atom. The Hall–Kier alpha value is -0.460. The van der Waals surface area contributed by atoms with Crippen molar-refractivity contribution in [1.29, 1.82) is 5.41 Å². The molecule has 0 unspecified atom stereocenters. The molecule has 0 radical (unpaired) electrons. The van der Waals surface area contributed by atoms with Gasteiger partial charge in [0.15, 0.2) is 0 Å². The van der Waals surface area contributed by atoms with Crippen LogP contribution in [-0.4, -0.2) is 11.2 Å². The number of hydrogen-bond acceptors (Lipinski definition) is 2. The molecule has 1 nitrogen and oxygen atoms in total. The third-order valence-electron chi connectivity index (χ3n) is 0.374. The van der Waals surface area contributed by atoms with Crippen molar-refractivity contribution in [2.24, 2.45) is 0 Å². The maximum atomic E-state index is 6.42. The Labute approximate surface area is 42.2 Å². The molecule has 0 aliphatic heterocycles. The second kappa shape index (κ2) is 2.76. The first-order valence-electron chi connectivity index (χ1n) is 1.52. The zero-order chi connectivity index (χ0) is 4.99. The van der Waals surface area contributed by atoms with Gasteiger partial charge in [-0.25, -0.2) is 0 Å². The fraction of sp³-hybridized carbons (Fsp3) is 0.250. The van der Waals surface area contributed by atoms with Crippen LogP contribution in [0.3, 0.4) is 0 Å². The molecule has 0 fully saturated rings. The van der Waals surface area contributed by atoms with Gasteiger partial charge in [0.05, 0.1) is 0 Å². The molecule has 0 heterocycles. The fourth-order valence-electron chi connectivity index (χ4n) is 0.0295. The SMILES string of the molecule is CC(=C=N)C=S. The van der Waals surface area contributed by atoms with Crippen molar-refractivity contribution in [3.8, 4) is 0 Å². The molecule has 0 amide bonds. The van der Waals surface area contributed by atoms with E-state index >= 15 is 0 Å². The smallest absolute Gasteiger partial charge is 0.0205 e. The summed E-state index contributed by atoms with van der Waals surface area (Å²) >= 11 is 4.43. The highest BCUT2D eigenvalue weighted by molar-refractivity contribution is 7.79. The summed E-state index contributed by atoms with van der Waals surface area (Å²) in [5.41, 5.74) is 0.699. The number of nitrogens with one attached hydrogen (secondary N) is 1. The molecule has 0 rings (SSSR count). The van der Waals surface area contributed by atoms with Crippen LogP contribution in [0.5, 0.6) is 0 Å². The molecule has 0 saturated heterocycles. The largest absolute Gasteiger partial charge is 0.258 e. The lowest BCUT2D eigenvalue weighted by atomic mass is 10.4.